The van der Waals surface area contributed by atoms with Crippen molar-refractivity contribution < 1.29 is 38.1 Å². The number of ether oxygens (including phenoxy) is 4. The van der Waals surface area contributed by atoms with Crippen molar-refractivity contribution in [2.45, 2.75) is 274 Å². The molecule has 0 spiro atoms. The first-order valence-electron chi connectivity index (χ1n) is 32.3. The van der Waals surface area contributed by atoms with Gasteiger partial charge in [-0.3, -0.25) is 19.2 Å². The van der Waals surface area contributed by atoms with E-state index in [9.17, 15) is 19.2 Å². The smallest absolute Gasteiger partial charge is 0.306 e. The molecule has 0 aromatic rings. The number of hydrogen-bond acceptors (Lipinski definition) is 8. The number of hydrogen-bond donors (Lipinski definition) is 0. The van der Waals surface area contributed by atoms with Crippen molar-refractivity contribution in [2.24, 2.45) is 92.7 Å². The largest absolute Gasteiger partial charge is 0.462 e. The van der Waals surface area contributed by atoms with Gasteiger partial charge in [-0.1, -0.05) is 131 Å². The van der Waals surface area contributed by atoms with Crippen molar-refractivity contribution in [3.05, 3.63) is 23.3 Å². The highest BCUT2D eigenvalue weighted by molar-refractivity contribution is 5.71. The third-order valence-electron chi connectivity index (χ3n) is 23.7. The first-order chi connectivity index (χ1) is 36.2. The van der Waals surface area contributed by atoms with Crippen LogP contribution in [0.15, 0.2) is 23.3 Å². The van der Waals surface area contributed by atoms with Crippen LogP contribution < -0.4 is 0 Å². The van der Waals surface area contributed by atoms with Crippen LogP contribution in [0.2, 0.25) is 0 Å². The second kappa shape index (κ2) is 25.9. The van der Waals surface area contributed by atoms with E-state index in [1.54, 1.807) is 11.1 Å². The molecule has 0 saturated heterocycles. The van der Waals surface area contributed by atoms with Gasteiger partial charge in [-0.2, -0.15) is 0 Å². The molecule has 8 rings (SSSR count). The maximum atomic E-state index is 13.0. The highest BCUT2D eigenvalue weighted by atomic mass is 16.6. The van der Waals surface area contributed by atoms with Crippen molar-refractivity contribution >= 4 is 23.9 Å². The molecule has 0 radical (unpaired) electrons. The van der Waals surface area contributed by atoms with Gasteiger partial charge < -0.3 is 18.9 Å². The van der Waals surface area contributed by atoms with Gasteiger partial charge in [0, 0.05) is 38.5 Å². The molecule has 8 aliphatic carbocycles. The molecule has 16 atom stereocenters. The lowest BCUT2D eigenvalue weighted by molar-refractivity contribution is -0.153. The molecule has 8 nitrogen and oxygen atoms in total. The molecule has 6 saturated carbocycles. The zero-order valence-electron chi connectivity index (χ0n) is 50.1. The number of fused-ring (bicyclic) bond motifs is 10. The Morgan fingerprint density at radius 1 is 0.461 bits per heavy atom. The van der Waals surface area contributed by atoms with Crippen molar-refractivity contribution in [3.63, 3.8) is 0 Å². The van der Waals surface area contributed by atoms with E-state index in [1.165, 1.54) is 103 Å². The zero-order valence-corrected chi connectivity index (χ0v) is 50.1. The summed E-state index contributed by atoms with van der Waals surface area (Å²) in [6.07, 6.45) is 35.8. The second-order valence-electron chi connectivity index (χ2n) is 29.1. The first-order valence-corrected chi connectivity index (χ1v) is 32.3. The van der Waals surface area contributed by atoms with E-state index in [4.69, 9.17) is 18.9 Å². The summed E-state index contributed by atoms with van der Waals surface area (Å²) in [5, 5.41) is 0. The van der Waals surface area contributed by atoms with Gasteiger partial charge in [0.25, 0.3) is 0 Å². The SMILES string of the molecule is CC(C)CCCC(C)C1CCC2C3CC=C4CC(OC(=O)CCCCC(=O)OCCOC(=O)CCCCC(=O)OC5CCC6(C)C(=CCC7C6CCC6(C)C(C(C)CCCC(C)C)CCC76)C5)CCC4(C)C3CCC12C. The maximum Gasteiger partial charge on any atom is 0.306 e. The number of rotatable bonds is 25. The van der Waals surface area contributed by atoms with E-state index in [1.807, 2.05) is 0 Å². The van der Waals surface area contributed by atoms with Gasteiger partial charge in [0.15, 0.2) is 0 Å². The number of allylic oxidation sites excluding steroid dienone is 2. The highest BCUT2D eigenvalue weighted by Gasteiger charge is 2.61. The van der Waals surface area contributed by atoms with Crippen LogP contribution in [0.4, 0.5) is 0 Å². The van der Waals surface area contributed by atoms with Gasteiger partial charge in [0.1, 0.15) is 25.4 Å². The quantitative estimate of drug-likeness (QED) is 0.0385. The Labute approximate surface area is 463 Å². The van der Waals surface area contributed by atoms with Crippen LogP contribution >= 0.6 is 0 Å². The Kier molecular flexibility index (Phi) is 20.2. The van der Waals surface area contributed by atoms with Crippen LogP contribution in [0.1, 0.15) is 262 Å². The van der Waals surface area contributed by atoms with Crippen molar-refractivity contribution in [1.29, 1.82) is 0 Å². The summed E-state index contributed by atoms with van der Waals surface area (Å²) < 4.78 is 22.8. The molecule has 0 aromatic carbocycles. The fourth-order valence-electron chi connectivity index (χ4n) is 19.5. The minimum absolute atomic E-state index is 0.00587. The van der Waals surface area contributed by atoms with Crippen LogP contribution in [0.5, 0.6) is 0 Å². The molecule has 16 unspecified atom stereocenters. The monoisotopic (exact) mass is 1050 g/mol. The summed E-state index contributed by atoms with van der Waals surface area (Å²) >= 11 is 0. The molecule has 8 aliphatic rings. The summed E-state index contributed by atoms with van der Waals surface area (Å²) in [5.74, 6) is 8.72. The molecule has 0 aromatic heterocycles. The molecule has 0 N–H and O–H groups in total. The minimum atomic E-state index is -0.354. The lowest BCUT2D eigenvalue weighted by atomic mass is 9.47. The zero-order chi connectivity index (χ0) is 54.4. The van der Waals surface area contributed by atoms with Crippen molar-refractivity contribution in [3.8, 4) is 0 Å². The van der Waals surface area contributed by atoms with E-state index in [2.05, 4.69) is 81.4 Å². The Morgan fingerprint density at radius 2 is 0.842 bits per heavy atom. The molecule has 6 fully saturated rings. The van der Waals surface area contributed by atoms with Gasteiger partial charge in [-0.15, -0.1) is 0 Å². The van der Waals surface area contributed by atoms with Crippen LogP contribution in [0.25, 0.3) is 0 Å². The summed E-state index contributed by atoms with van der Waals surface area (Å²) in [4.78, 5) is 50.8. The minimum Gasteiger partial charge on any atom is -0.462 e. The van der Waals surface area contributed by atoms with Crippen LogP contribution in [0.3, 0.4) is 0 Å². The number of carbonyl (C=O) groups is 4. The Hall–Kier alpha value is -2.64. The van der Waals surface area contributed by atoms with Gasteiger partial charge in [0.2, 0.25) is 0 Å². The number of esters is 4. The number of carbonyl (C=O) groups excluding carboxylic acids is 4. The highest BCUT2D eigenvalue weighted by Crippen LogP contribution is 2.69. The lowest BCUT2D eigenvalue weighted by Gasteiger charge is -2.58. The maximum absolute atomic E-state index is 13.0. The van der Waals surface area contributed by atoms with Crippen LogP contribution in [-0.2, 0) is 38.1 Å². The van der Waals surface area contributed by atoms with Crippen molar-refractivity contribution in [2.75, 3.05) is 13.2 Å². The topological polar surface area (TPSA) is 105 Å². The molecular weight excluding hydrogens is 945 g/mol. The average Bonchev–Trinajstić information content (AvgIpc) is 3.92. The molecule has 8 heteroatoms. The predicted octanol–water partition coefficient (Wildman–Crippen LogP) is 17.1. The van der Waals surface area contributed by atoms with E-state index >= 15 is 0 Å². The van der Waals surface area contributed by atoms with Crippen LogP contribution in [-0.4, -0.2) is 49.3 Å². The normalized spacial score (nSPS) is 37.3. The third kappa shape index (κ3) is 13.4. The molecule has 76 heavy (non-hydrogen) atoms. The van der Waals surface area contributed by atoms with Gasteiger partial charge in [-0.05, 0) is 208 Å². The van der Waals surface area contributed by atoms with E-state index in [0.29, 0.717) is 49.4 Å². The predicted molar refractivity (Wildman–Crippen MR) is 305 cm³/mol. The summed E-state index contributed by atoms with van der Waals surface area (Å²) in [6, 6.07) is 0. The Bertz CT molecular complexity index is 1890. The van der Waals surface area contributed by atoms with E-state index in [0.717, 1.165) is 110 Å². The van der Waals surface area contributed by atoms with Gasteiger partial charge in [0.05, 0.1) is 0 Å². The van der Waals surface area contributed by atoms with E-state index in [-0.39, 0.29) is 73.0 Å². The van der Waals surface area contributed by atoms with Gasteiger partial charge >= 0.3 is 23.9 Å². The molecule has 0 bridgehead atoms. The first kappa shape index (κ1) is 59.5. The average molecular weight is 1060 g/mol. The molecule has 0 heterocycles. The summed E-state index contributed by atoms with van der Waals surface area (Å²) in [6.45, 7) is 25.0. The molecule has 0 amide bonds. The van der Waals surface area contributed by atoms with Crippen molar-refractivity contribution in [1.82, 2.24) is 0 Å². The van der Waals surface area contributed by atoms with Gasteiger partial charge in [-0.25, -0.2) is 0 Å². The summed E-state index contributed by atoms with van der Waals surface area (Å²) in [5.41, 5.74) is 4.51. The second-order valence-corrected chi connectivity index (χ2v) is 29.1. The molecular formula is C68H110O8. The fraction of sp³-hybridized carbons (Fsp3) is 0.882. The standard InChI is InChI=1S/C68H110O8/c1-45(2)17-15-19-47(5)55-29-31-57-53-27-25-49-43-51(33-37-65(49,7)59(53)35-39-67(55,57)9)75-63(71)23-13-11-21-61(69)73-41-42-74-62(70)22-12-14-24-64(72)76-52-34-38-66(8)50(44-52)26-28-54-58-32-30-56(48(6)20-16-18-46(3)4)68(58,10)40-36-60(54)66/h25-26,45-48,51-60H,11-24,27-44H2,1-10H3. The Balaban J connectivity index is 0.645. The number of unbranched alkanes of at least 4 members (excludes halogenated alkanes) is 2. The molecule has 0 aliphatic heterocycles. The molecule has 430 valence electrons. The fourth-order valence-corrected chi connectivity index (χ4v) is 19.5. The van der Waals surface area contributed by atoms with Crippen LogP contribution in [0, 0.1) is 92.7 Å². The third-order valence-corrected chi connectivity index (χ3v) is 23.7. The summed E-state index contributed by atoms with van der Waals surface area (Å²) in [7, 11) is 0. The Morgan fingerprint density at radius 3 is 1.22 bits per heavy atom. The van der Waals surface area contributed by atoms with E-state index < -0.39 is 0 Å². The lowest BCUT2D eigenvalue weighted by Crippen LogP contribution is -2.51.